The van der Waals surface area contributed by atoms with E-state index in [2.05, 4.69) is 14.7 Å². The van der Waals surface area contributed by atoms with Gasteiger partial charge in [-0.3, -0.25) is 9.71 Å². The highest BCUT2D eigenvalue weighted by Crippen LogP contribution is 2.14. The molecule has 0 amide bonds. The minimum atomic E-state index is -3.90. The Morgan fingerprint density at radius 2 is 2.05 bits per heavy atom. The predicted molar refractivity (Wildman–Crippen MR) is 67.1 cm³/mol. The zero-order chi connectivity index (χ0) is 13.9. The lowest BCUT2D eigenvalue weighted by atomic mass is 10.3. The number of halogens is 1. The second-order valence-electron chi connectivity index (χ2n) is 3.70. The molecule has 0 unspecified atom stereocenters. The van der Waals surface area contributed by atoms with Crippen molar-refractivity contribution in [3.05, 3.63) is 48.2 Å². The molecule has 0 aliphatic carbocycles. The zero-order valence-corrected chi connectivity index (χ0v) is 10.6. The van der Waals surface area contributed by atoms with Crippen molar-refractivity contribution in [1.82, 2.24) is 9.97 Å². The molecule has 6 nitrogen and oxygen atoms in total. The number of nitrogens with two attached hydrogens (primary N) is 1. The van der Waals surface area contributed by atoms with E-state index in [4.69, 9.17) is 5.73 Å². The zero-order valence-electron chi connectivity index (χ0n) is 9.75. The molecule has 0 bridgehead atoms. The maximum atomic E-state index is 13.0. The van der Waals surface area contributed by atoms with Gasteiger partial charge in [-0.25, -0.2) is 17.8 Å². The van der Waals surface area contributed by atoms with Crippen LogP contribution in [0.4, 0.5) is 10.2 Å². The Labute approximate surface area is 109 Å². The molecular weight excluding hydrogens is 271 g/mol. The van der Waals surface area contributed by atoms with Gasteiger partial charge in [0.2, 0.25) is 0 Å². The molecule has 2 aromatic heterocycles. The summed E-state index contributed by atoms with van der Waals surface area (Å²) in [4.78, 5) is 7.12. The van der Waals surface area contributed by atoms with E-state index in [1.54, 1.807) is 6.07 Å². The normalized spacial score (nSPS) is 11.3. The summed E-state index contributed by atoms with van der Waals surface area (Å²) in [5.41, 5.74) is 6.18. The Balaban J connectivity index is 2.25. The number of nitrogens with one attached hydrogen (secondary N) is 1. The van der Waals surface area contributed by atoms with Crippen LogP contribution in [0.25, 0.3) is 0 Å². The first kappa shape index (κ1) is 13.4. The number of aromatic nitrogens is 2. The average molecular weight is 282 g/mol. The molecule has 0 saturated carbocycles. The van der Waals surface area contributed by atoms with Crippen molar-refractivity contribution in [3.63, 3.8) is 0 Å². The van der Waals surface area contributed by atoms with Crippen LogP contribution in [-0.2, 0) is 16.6 Å². The molecule has 8 heteroatoms. The van der Waals surface area contributed by atoms with E-state index in [9.17, 15) is 12.8 Å². The predicted octanol–water partition coefficient (Wildman–Crippen LogP) is 0.875. The number of sulfonamides is 1. The highest BCUT2D eigenvalue weighted by Gasteiger charge is 2.15. The molecule has 2 heterocycles. The summed E-state index contributed by atoms with van der Waals surface area (Å²) in [7, 11) is -3.90. The molecule has 2 rings (SSSR count). The Morgan fingerprint density at radius 3 is 2.63 bits per heavy atom. The molecule has 0 fully saturated rings. The fourth-order valence-corrected chi connectivity index (χ4v) is 2.32. The lowest BCUT2D eigenvalue weighted by molar-refractivity contribution is 0.592. The van der Waals surface area contributed by atoms with E-state index in [1.165, 1.54) is 12.3 Å². The Hall–Kier alpha value is -2.06. The molecule has 3 N–H and O–H groups in total. The van der Waals surface area contributed by atoms with Crippen LogP contribution >= 0.6 is 0 Å². The standard InChI is InChI=1S/C11H11FN4O2S/c12-9-3-10(7-14-6-9)19(17,18)16-11-2-1-8(4-13)5-15-11/h1-3,5-7H,4,13H2,(H,15,16). The minimum absolute atomic E-state index is 0.126. The Morgan fingerprint density at radius 1 is 1.26 bits per heavy atom. The van der Waals surface area contributed by atoms with E-state index < -0.39 is 15.8 Å². The van der Waals surface area contributed by atoms with Crippen LogP contribution in [0.2, 0.25) is 0 Å². The van der Waals surface area contributed by atoms with E-state index >= 15 is 0 Å². The smallest absolute Gasteiger partial charge is 0.264 e. The number of hydrogen-bond acceptors (Lipinski definition) is 5. The number of anilines is 1. The molecule has 0 radical (unpaired) electrons. The van der Waals surface area contributed by atoms with Gasteiger partial charge in [0.15, 0.2) is 0 Å². The third-order valence-corrected chi connectivity index (χ3v) is 3.61. The van der Waals surface area contributed by atoms with Crippen LogP contribution in [0.15, 0.2) is 41.7 Å². The van der Waals surface area contributed by atoms with Crippen molar-refractivity contribution >= 4 is 15.8 Å². The largest absolute Gasteiger partial charge is 0.326 e. The Kier molecular flexibility index (Phi) is 3.72. The van der Waals surface area contributed by atoms with Crippen LogP contribution < -0.4 is 10.5 Å². The maximum Gasteiger partial charge on any atom is 0.264 e. The van der Waals surface area contributed by atoms with Crippen molar-refractivity contribution < 1.29 is 12.8 Å². The van der Waals surface area contributed by atoms with Gasteiger partial charge in [-0.15, -0.1) is 0 Å². The van der Waals surface area contributed by atoms with Gasteiger partial charge in [-0.05, 0) is 17.7 Å². The molecule has 100 valence electrons. The topological polar surface area (TPSA) is 98.0 Å². The summed E-state index contributed by atoms with van der Waals surface area (Å²) >= 11 is 0. The van der Waals surface area contributed by atoms with Gasteiger partial charge < -0.3 is 5.73 Å². The van der Waals surface area contributed by atoms with Gasteiger partial charge in [0.1, 0.15) is 16.5 Å². The molecule has 0 saturated heterocycles. The van der Waals surface area contributed by atoms with Crippen molar-refractivity contribution in [2.24, 2.45) is 5.73 Å². The van der Waals surface area contributed by atoms with Gasteiger partial charge >= 0.3 is 0 Å². The first-order valence-electron chi connectivity index (χ1n) is 5.29. The third-order valence-electron chi connectivity index (χ3n) is 2.29. The highest BCUT2D eigenvalue weighted by atomic mass is 32.2. The van der Waals surface area contributed by atoms with Gasteiger partial charge in [-0.1, -0.05) is 6.07 Å². The van der Waals surface area contributed by atoms with E-state index in [0.717, 1.165) is 24.0 Å². The molecule has 0 spiro atoms. The number of rotatable bonds is 4. The van der Waals surface area contributed by atoms with Gasteiger partial charge in [0.25, 0.3) is 10.0 Å². The van der Waals surface area contributed by atoms with Crippen molar-refractivity contribution in [2.75, 3.05) is 4.72 Å². The van der Waals surface area contributed by atoms with E-state index in [1.807, 2.05) is 0 Å². The first-order chi connectivity index (χ1) is 9.01. The van der Waals surface area contributed by atoms with Crippen LogP contribution in [-0.4, -0.2) is 18.4 Å². The minimum Gasteiger partial charge on any atom is -0.326 e. The summed E-state index contributed by atoms with van der Waals surface area (Å²) < 4.78 is 39.0. The summed E-state index contributed by atoms with van der Waals surface area (Å²) in [6.07, 6.45) is 3.44. The number of pyridine rings is 2. The van der Waals surface area contributed by atoms with Crippen molar-refractivity contribution in [1.29, 1.82) is 0 Å². The lowest BCUT2D eigenvalue weighted by Crippen LogP contribution is -2.14. The molecule has 0 atom stereocenters. The molecule has 2 aromatic rings. The van der Waals surface area contributed by atoms with Gasteiger partial charge in [-0.2, -0.15) is 0 Å². The van der Waals surface area contributed by atoms with Crippen molar-refractivity contribution in [3.8, 4) is 0 Å². The van der Waals surface area contributed by atoms with Crippen LogP contribution in [0.1, 0.15) is 5.56 Å². The van der Waals surface area contributed by atoms with Gasteiger partial charge in [0, 0.05) is 18.9 Å². The molecule has 0 aliphatic rings. The number of nitrogens with zero attached hydrogens (tertiary/aromatic N) is 2. The fraction of sp³-hybridized carbons (Fsp3) is 0.0909. The summed E-state index contributed by atoms with van der Waals surface area (Å²) in [6.45, 7) is 0.313. The van der Waals surface area contributed by atoms with Crippen LogP contribution in [0, 0.1) is 5.82 Å². The molecule has 0 aromatic carbocycles. The monoisotopic (exact) mass is 282 g/mol. The second-order valence-corrected chi connectivity index (χ2v) is 5.38. The van der Waals surface area contributed by atoms with E-state index in [0.29, 0.717) is 6.54 Å². The molecular formula is C11H11FN4O2S. The molecule has 0 aliphatic heterocycles. The second kappa shape index (κ2) is 5.29. The van der Waals surface area contributed by atoms with Gasteiger partial charge in [0.05, 0.1) is 6.20 Å². The summed E-state index contributed by atoms with van der Waals surface area (Å²) in [5.74, 6) is -0.601. The van der Waals surface area contributed by atoms with E-state index in [-0.39, 0.29) is 10.7 Å². The first-order valence-corrected chi connectivity index (χ1v) is 6.78. The highest BCUT2D eigenvalue weighted by molar-refractivity contribution is 7.92. The lowest BCUT2D eigenvalue weighted by Gasteiger charge is -2.07. The fourth-order valence-electron chi connectivity index (χ4n) is 1.34. The summed E-state index contributed by atoms with van der Waals surface area (Å²) in [5, 5.41) is 0. The number of hydrogen-bond donors (Lipinski definition) is 2. The average Bonchev–Trinajstić information content (AvgIpc) is 2.39. The quantitative estimate of drug-likeness (QED) is 0.867. The molecule has 19 heavy (non-hydrogen) atoms. The summed E-state index contributed by atoms with van der Waals surface area (Å²) in [6, 6.07) is 4.00. The maximum absolute atomic E-state index is 13.0. The van der Waals surface area contributed by atoms with Crippen molar-refractivity contribution in [2.45, 2.75) is 11.4 Å². The SMILES string of the molecule is NCc1ccc(NS(=O)(=O)c2cncc(F)c2)nc1. The van der Waals surface area contributed by atoms with Crippen LogP contribution in [0.3, 0.4) is 0 Å². The Bertz CT molecular complexity index is 673. The third kappa shape index (κ3) is 3.24. The van der Waals surface area contributed by atoms with Crippen LogP contribution in [0.5, 0.6) is 0 Å².